The van der Waals surface area contributed by atoms with Crippen molar-refractivity contribution in [3.8, 4) is 0 Å². The van der Waals surface area contributed by atoms with Crippen LogP contribution in [0.15, 0.2) is 12.1 Å². The van der Waals surface area contributed by atoms with Crippen LogP contribution in [0.1, 0.15) is 61.0 Å². The van der Waals surface area contributed by atoms with Gasteiger partial charge in [0.25, 0.3) is 0 Å². The molecule has 0 saturated carbocycles. The monoisotopic (exact) mass is 302 g/mol. The summed E-state index contributed by atoms with van der Waals surface area (Å²) in [6.45, 7) is 3.88. The summed E-state index contributed by atoms with van der Waals surface area (Å²) in [4.78, 5) is 23.9. The zero-order chi connectivity index (χ0) is 16.1. The fourth-order valence-electron chi connectivity index (χ4n) is 2.94. The molecule has 1 radical (unpaired) electrons. The van der Waals surface area contributed by atoms with Crippen molar-refractivity contribution in [2.75, 3.05) is 0 Å². The Labute approximate surface area is 131 Å². The maximum Gasteiger partial charge on any atom is 0.219 e. The smallest absolute Gasteiger partial charge is 0.219 e. The second-order valence-corrected chi connectivity index (χ2v) is 5.80. The van der Waals surface area contributed by atoms with Crippen molar-refractivity contribution in [2.45, 2.75) is 58.2 Å². The molecular formula is C17H22BFNO2. The molecule has 1 amide bonds. The highest BCUT2D eigenvalue weighted by molar-refractivity contribution is 6.38. The van der Waals surface area contributed by atoms with E-state index in [0.29, 0.717) is 32.0 Å². The first-order valence-electron chi connectivity index (χ1n) is 8.02. The van der Waals surface area contributed by atoms with Crippen molar-refractivity contribution in [2.24, 2.45) is 0 Å². The zero-order valence-electron chi connectivity index (χ0n) is 13.2. The number of hydrogen-bond donors (Lipinski definition) is 1. The highest BCUT2D eigenvalue weighted by Crippen LogP contribution is 2.25. The van der Waals surface area contributed by atoms with Gasteiger partial charge in [-0.1, -0.05) is 26.2 Å². The molecule has 1 aliphatic rings. The Kier molecular flexibility index (Phi) is 5.75. The molecule has 3 nitrogen and oxygen atoms in total. The van der Waals surface area contributed by atoms with E-state index in [9.17, 15) is 14.0 Å². The number of hydrogen-bond acceptors (Lipinski definition) is 2. The summed E-state index contributed by atoms with van der Waals surface area (Å²) < 4.78 is 14.1. The predicted octanol–water partition coefficient (Wildman–Crippen LogP) is 2.81. The van der Waals surface area contributed by atoms with E-state index in [4.69, 9.17) is 0 Å². The van der Waals surface area contributed by atoms with E-state index in [2.05, 4.69) is 5.32 Å². The largest absolute Gasteiger partial charge is 0.361 e. The Hall–Kier alpha value is -1.65. The van der Waals surface area contributed by atoms with Crippen molar-refractivity contribution < 1.29 is 14.0 Å². The predicted molar refractivity (Wildman–Crippen MR) is 85.6 cm³/mol. The van der Waals surface area contributed by atoms with Crippen LogP contribution in [0, 0.1) is 5.82 Å². The van der Waals surface area contributed by atoms with Gasteiger partial charge in [-0.25, -0.2) is 4.39 Å². The van der Waals surface area contributed by atoms with E-state index >= 15 is 0 Å². The van der Waals surface area contributed by atoms with Crippen LogP contribution in [-0.2, 0) is 17.5 Å². The van der Waals surface area contributed by atoms with Crippen molar-refractivity contribution in [1.82, 2.24) is 5.32 Å². The van der Waals surface area contributed by atoms with Crippen molar-refractivity contribution >= 4 is 19.0 Å². The van der Waals surface area contributed by atoms with Gasteiger partial charge < -0.3 is 5.32 Å². The first kappa shape index (κ1) is 16.7. The van der Waals surface area contributed by atoms with Crippen LogP contribution in [0.5, 0.6) is 0 Å². The molecule has 117 valence electrons. The van der Waals surface area contributed by atoms with Gasteiger partial charge in [0.1, 0.15) is 13.1 Å². The lowest BCUT2D eigenvalue weighted by atomic mass is 9.57. The van der Waals surface area contributed by atoms with Gasteiger partial charge in [-0.15, -0.1) is 0 Å². The SMILES string of the molecule is CCCC(=O)NC1[B]Cc2c(ccc(F)c2C(=O)CCC)C1. The van der Waals surface area contributed by atoms with E-state index < -0.39 is 5.82 Å². The maximum atomic E-state index is 14.1. The summed E-state index contributed by atoms with van der Waals surface area (Å²) in [5.41, 5.74) is 2.00. The second kappa shape index (κ2) is 7.57. The normalized spacial score (nSPS) is 16.6. The molecule has 1 heterocycles. The Bertz CT molecular complexity index is 574. The third-order valence-corrected chi connectivity index (χ3v) is 3.98. The number of rotatable bonds is 6. The van der Waals surface area contributed by atoms with Crippen LogP contribution >= 0.6 is 0 Å². The zero-order valence-corrected chi connectivity index (χ0v) is 13.2. The standard InChI is InChI=1S/C17H22BFNO2/c1-3-5-14(21)17-12-10-18-15(20-16(22)6-4-2)9-11(12)7-8-13(17)19/h7-8,15H,3-6,9-10H2,1-2H3,(H,20,22). The number of halogens is 1. The number of amides is 1. The topological polar surface area (TPSA) is 46.2 Å². The van der Waals surface area contributed by atoms with Gasteiger partial charge in [-0.2, -0.15) is 0 Å². The number of ketones is 1. The van der Waals surface area contributed by atoms with E-state index in [1.807, 2.05) is 21.1 Å². The minimum Gasteiger partial charge on any atom is -0.361 e. The van der Waals surface area contributed by atoms with Crippen LogP contribution in [0.3, 0.4) is 0 Å². The van der Waals surface area contributed by atoms with Gasteiger partial charge in [0.2, 0.25) is 5.91 Å². The lowest BCUT2D eigenvalue weighted by Crippen LogP contribution is -2.44. The molecule has 0 spiro atoms. The highest BCUT2D eigenvalue weighted by atomic mass is 19.1. The molecule has 0 saturated heterocycles. The molecule has 0 aliphatic carbocycles. The average molecular weight is 302 g/mol. The van der Waals surface area contributed by atoms with Crippen molar-refractivity contribution in [3.63, 3.8) is 0 Å². The molecule has 1 aromatic rings. The number of fused-ring (bicyclic) bond motifs is 1. The molecule has 1 atom stereocenters. The van der Waals surface area contributed by atoms with Crippen molar-refractivity contribution in [1.29, 1.82) is 0 Å². The molecule has 0 bridgehead atoms. The van der Waals surface area contributed by atoms with E-state index in [0.717, 1.165) is 17.5 Å². The first-order valence-corrected chi connectivity index (χ1v) is 8.02. The molecule has 22 heavy (non-hydrogen) atoms. The molecule has 1 aliphatic heterocycles. The molecule has 2 rings (SSSR count). The van der Waals surface area contributed by atoms with E-state index in [1.165, 1.54) is 6.07 Å². The van der Waals surface area contributed by atoms with Gasteiger partial charge in [0, 0.05) is 18.8 Å². The van der Waals surface area contributed by atoms with Crippen LogP contribution < -0.4 is 5.32 Å². The number of carbonyl (C=O) groups is 2. The molecule has 1 N–H and O–H groups in total. The third kappa shape index (κ3) is 3.76. The molecule has 0 fully saturated rings. The summed E-state index contributed by atoms with van der Waals surface area (Å²) >= 11 is 0. The molecule has 5 heteroatoms. The Morgan fingerprint density at radius 1 is 1.27 bits per heavy atom. The molecular weight excluding hydrogens is 280 g/mol. The molecule has 1 aromatic carbocycles. The summed E-state index contributed by atoms with van der Waals surface area (Å²) in [5, 5.41) is 2.98. The second-order valence-electron chi connectivity index (χ2n) is 5.80. The fourth-order valence-corrected chi connectivity index (χ4v) is 2.94. The van der Waals surface area contributed by atoms with E-state index in [-0.39, 0.29) is 23.2 Å². The maximum absolute atomic E-state index is 14.1. The molecule has 1 unspecified atom stereocenters. The fraction of sp³-hybridized carbons (Fsp3) is 0.529. The quantitative estimate of drug-likeness (QED) is 0.649. The Morgan fingerprint density at radius 2 is 2.00 bits per heavy atom. The van der Waals surface area contributed by atoms with Crippen LogP contribution in [0.4, 0.5) is 4.39 Å². The summed E-state index contributed by atoms with van der Waals surface area (Å²) in [5.74, 6) is -0.555. The Balaban J connectivity index is 2.18. The number of Topliss-reactive ketones (excluding diaryl/α,β-unsaturated/α-hetero) is 1. The summed E-state index contributed by atoms with van der Waals surface area (Å²) in [7, 11) is 1.97. The minimum atomic E-state index is -0.431. The number of benzene rings is 1. The summed E-state index contributed by atoms with van der Waals surface area (Å²) in [6.07, 6.45) is 3.55. The van der Waals surface area contributed by atoms with Gasteiger partial charge in [-0.3, -0.25) is 9.59 Å². The number of carbonyl (C=O) groups excluding carboxylic acids is 2. The highest BCUT2D eigenvalue weighted by Gasteiger charge is 2.26. The van der Waals surface area contributed by atoms with Crippen molar-refractivity contribution in [3.05, 3.63) is 34.6 Å². The molecule has 0 aromatic heterocycles. The third-order valence-electron chi connectivity index (χ3n) is 3.98. The van der Waals surface area contributed by atoms with Crippen LogP contribution in [-0.4, -0.2) is 24.9 Å². The summed E-state index contributed by atoms with van der Waals surface area (Å²) in [6, 6.07) is 3.11. The van der Waals surface area contributed by atoms with Crippen LogP contribution in [0.25, 0.3) is 0 Å². The van der Waals surface area contributed by atoms with E-state index in [1.54, 1.807) is 6.07 Å². The first-order chi connectivity index (χ1) is 10.6. The average Bonchev–Trinajstić information content (AvgIpc) is 2.47. The number of nitrogens with one attached hydrogen (secondary N) is 1. The van der Waals surface area contributed by atoms with Gasteiger partial charge in [0.15, 0.2) is 5.78 Å². The van der Waals surface area contributed by atoms with Gasteiger partial charge in [-0.05, 0) is 36.5 Å². The minimum absolute atomic E-state index is 0.0360. The van der Waals surface area contributed by atoms with Gasteiger partial charge >= 0.3 is 0 Å². The van der Waals surface area contributed by atoms with Crippen LogP contribution in [0.2, 0.25) is 0 Å². The Morgan fingerprint density at radius 3 is 2.68 bits per heavy atom. The lowest BCUT2D eigenvalue weighted by molar-refractivity contribution is -0.121. The lowest BCUT2D eigenvalue weighted by Gasteiger charge is -2.26. The van der Waals surface area contributed by atoms with Gasteiger partial charge in [0.05, 0.1) is 5.56 Å².